The van der Waals surface area contributed by atoms with Crippen molar-refractivity contribution in [1.82, 2.24) is 10.2 Å². The number of carbonyl (C=O) groups is 1. The summed E-state index contributed by atoms with van der Waals surface area (Å²) in [6.07, 6.45) is 4.14. The molecule has 1 N–H and O–H groups in total. The van der Waals surface area contributed by atoms with E-state index >= 15 is 0 Å². The van der Waals surface area contributed by atoms with Crippen molar-refractivity contribution >= 4 is 6.09 Å². The molecule has 4 heteroatoms. The molecule has 2 aromatic carbocycles. The number of benzene rings is 2. The molecule has 0 aromatic heterocycles. The van der Waals surface area contributed by atoms with Crippen molar-refractivity contribution in [2.45, 2.75) is 72.4 Å². The first-order valence-electron chi connectivity index (χ1n) is 13.1. The van der Waals surface area contributed by atoms with E-state index in [4.69, 9.17) is 4.74 Å². The first-order chi connectivity index (χ1) is 16.2. The first-order valence-corrected chi connectivity index (χ1v) is 13.1. The number of nitrogens with one attached hydrogen (secondary N) is 1. The third-order valence-corrected chi connectivity index (χ3v) is 8.25. The van der Waals surface area contributed by atoms with Gasteiger partial charge in [-0.25, -0.2) is 4.79 Å². The van der Waals surface area contributed by atoms with Gasteiger partial charge in [-0.3, -0.25) is 4.90 Å². The average molecular weight is 461 g/mol. The second kappa shape index (κ2) is 9.03. The van der Waals surface area contributed by atoms with Crippen LogP contribution in [0.3, 0.4) is 0 Å². The number of aryl methyl sites for hydroxylation is 1. The van der Waals surface area contributed by atoms with E-state index in [-0.39, 0.29) is 23.7 Å². The predicted molar refractivity (Wildman–Crippen MR) is 138 cm³/mol. The number of ether oxygens (including phenoxy) is 1. The second-order valence-corrected chi connectivity index (χ2v) is 12.0. The molecule has 0 saturated carbocycles. The van der Waals surface area contributed by atoms with E-state index < -0.39 is 0 Å². The van der Waals surface area contributed by atoms with Crippen LogP contribution in [0.25, 0.3) is 11.1 Å². The van der Waals surface area contributed by atoms with E-state index in [1.54, 1.807) is 0 Å². The van der Waals surface area contributed by atoms with Gasteiger partial charge in [0.15, 0.2) is 0 Å². The first kappa shape index (κ1) is 23.4. The highest BCUT2D eigenvalue weighted by atomic mass is 16.6. The molecule has 2 atom stereocenters. The zero-order valence-corrected chi connectivity index (χ0v) is 21.5. The Morgan fingerprint density at radius 3 is 2.47 bits per heavy atom. The van der Waals surface area contributed by atoms with Gasteiger partial charge in [-0.1, -0.05) is 64.1 Å². The van der Waals surface area contributed by atoms with Crippen LogP contribution in [-0.2, 0) is 17.6 Å². The molecule has 6 rings (SSSR count). The van der Waals surface area contributed by atoms with Gasteiger partial charge >= 0.3 is 6.09 Å². The Hall–Kier alpha value is -2.33. The molecule has 0 unspecified atom stereocenters. The van der Waals surface area contributed by atoms with E-state index in [0.717, 1.165) is 45.3 Å². The lowest BCUT2D eigenvalue weighted by molar-refractivity contribution is -0.0348. The molecule has 3 saturated heterocycles. The van der Waals surface area contributed by atoms with Crippen molar-refractivity contribution in [3.63, 3.8) is 0 Å². The van der Waals surface area contributed by atoms with Crippen molar-refractivity contribution in [2.75, 3.05) is 19.6 Å². The molecular formula is C30H40N2O2. The van der Waals surface area contributed by atoms with E-state index in [1.165, 1.54) is 33.4 Å². The molecule has 0 spiro atoms. The lowest BCUT2D eigenvalue weighted by Crippen LogP contribution is -2.53. The van der Waals surface area contributed by atoms with Gasteiger partial charge in [-0.05, 0) is 96.3 Å². The Bertz CT molecular complexity index is 1050. The summed E-state index contributed by atoms with van der Waals surface area (Å²) >= 11 is 0. The quantitative estimate of drug-likeness (QED) is 0.569. The van der Waals surface area contributed by atoms with Crippen LogP contribution in [0.2, 0.25) is 0 Å². The highest BCUT2D eigenvalue weighted by molar-refractivity contribution is 5.72. The molecule has 34 heavy (non-hydrogen) atoms. The fourth-order valence-corrected chi connectivity index (χ4v) is 6.42. The zero-order chi connectivity index (χ0) is 24.0. The Kier molecular flexibility index (Phi) is 6.22. The van der Waals surface area contributed by atoms with Crippen LogP contribution in [-0.4, -0.2) is 36.7 Å². The van der Waals surface area contributed by atoms with E-state index in [0.29, 0.717) is 11.8 Å². The normalized spacial score (nSPS) is 27.0. The summed E-state index contributed by atoms with van der Waals surface area (Å²) in [5, 5.41) is 3.26. The molecule has 182 valence electrons. The number of hydrogen-bond acceptors (Lipinski definition) is 3. The maximum Gasteiger partial charge on any atom is 0.407 e. The zero-order valence-electron chi connectivity index (χ0n) is 21.5. The van der Waals surface area contributed by atoms with Gasteiger partial charge in [0, 0.05) is 6.54 Å². The lowest BCUT2D eigenvalue weighted by atomic mass is 9.85. The summed E-state index contributed by atoms with van der Waals surface area (Å²) in [6.45, 7) is 14.4. The van der Waals surface area contributed by atoms with E-state index in [9.17, 15) is 4.79 Å². The number of hydrogen-bond donors (Lipinski definition) is 1. The maximum absolute atomic E-state index is 13.0. The third-order valence-electron chi connectivity index (χ3n) is 8.25. The van der Waals surface area contributed by atoms with E-state index in [2.05, 4.69) is 81.2 Å². The number of alkyl carbamates (subject to hydrolysis) is 1. The lowest BCUT2D eigenvalue weighted by Gasteiger charge is -2.44. The van der Waals surface area contributed by atoms with Gasteiger partial charge in [0.05, 0.1) is 6.04 Å². The largest absolute Gasteiger partial charge is 0.445 e. The minimum atomic E-state index is -0.257. The van der Waals surface area contributed by atoms with Gasteiger partial charge in [-0.15, -0.1) is 0 Å². The standard InChI is InChI=1S/C30H40N2O2/c1-19(2)14-21-6-8-22(9-7-21)25-16-24-17-30(4,5)28(26(24)15-20(25)3)31-29(33)34-27-18-32-12-10-23(27)11-13-32/h6-9,15-16,19,23,27-28H,10-14,17-18H2,1-5H3,(H,31,33)/t27-,28+/m1/s1. The fourth-order valence-electron chi connectivity index (χ4n) is 6.42. The van der Waals surface area contributed by atoms with Crippen LogP contribution >= 0.6 is 0 Å². The van der Waals surface area contributed by atoms with Gasteiger partial charge in [-0.2, -0.15) is 0 Å². The van der Waals surface area contributed by atoms with Crippen molar-refractivity contribution in [3.05, 3.63) is 58.7 Å². The van der Waals surface area contributed by atoms with Crippen LogP contribution in [0, 0.1) is 24.2 Å². The highest BCUT2D eigenvalue weighted by Crippen LogP contribution is 2.47. The number of piperidine rings is 3. The van der Waals surface area contributed by atoms with Crippen molar-refractivity contribution in [2.24, 2.45) is 17.3 Å². The molecule has 2 bridgehead atoms. The van der Waals surface area contributed by atoms with Gasteiger partial charge in [0.1, 0.15) is 6.10 Å². The molecule has 4 nitrogen and oxygen atoms in total. The number of amides is 1. The molecule has 1 amide bonds. The molecule has 2 aromatic rings. The SMILES string of the molecule is Cc1cc2c(cc1-c1ccc(CC(C)C)cc1)CC(C)(C)[C@H]2NC(=O)O[C@@H]1CN2CCC1CC2. The third kappa shape index (κ3) is 4.62. The minimum absolute atomic E-state index is 0.0303. The summed E-state index contributed by atoms with van der Waals surface area (Å²) in [6, 6.07) is 13.7. The molecule has 3 aliphatic heterocycles. The van der Waals surface area contributed by atoms with Gasteiger partial charge in [0.25, 0.3) is 0 Å². The van der Waals surface area contributed by atoms with Crippen LogP contribution in [0.4, 0.5) is 4.79 Å². The number of nitrogens with zero attached hydrogens (tertiary/aromatic N) is 1. The Morgan fingerprint density at radius 2 is 1.85 bits per heavy atom. The summed E-state index contributed by atoms with van der Waals surface area (Å²) in [5.74, 6) is 1.19. The Labute approximate surface area is 205 Å². The van der Waals surface area contributed by atoms with Crippen LogP contribution in [0.5, 0.6) is 0 Å². The highest BCUT2D eigenvalue weighted by Gasteiger charge is 2.42. The molecular weight excluding hydrogens is 420 g/mol. The van der Waals surface area contributed by atoms with Crippen molar-refractivity contribution in [1.29, 1.82) is 0 Å². The molecule has 4 aliphatic rings. The molecule has 1 aliphatic carbocycles. The summed E-state index contributed by atoms with van der Waals surface area (Å²) < 4.78 is 5.97. The summed E-state index contributed by atoms with van der Waals surface area (Å²) in [5.41, 5.74) is 7.74. The molecule has 0 radical (unpaired) electrons. The Morgan fingerprint density at radius 1 is 1.15 bits per heavy atom. The fraction of sp³-hybridized carbons (Fsp3) is 0.567. The summed E-state index contributed by atoms with van der Waals surface area (Å²) in [4.78, 5) is 15.4. The number of fused-ring (bicyclic) bond motifs is 4. The molecule has 3 heterocycles. The summed E-state index contributed by atoms with van der Waals surface area (Å²) in [7, 11) is 0. The van der Waals surface area contributed by atoms with Gasteiger partial charge < -0.3 is 10.1 Å². The minimum Gasteiger partial charge on any atom is -0.445 e. The predicted octanol–water partition coefficient (Wildman–Crippen LogP) is 6.30. The van der Waals surface area contributed by atoms with Crippen molar-refractivity contribution in [3.8, 4) is 11.1 Å². The van der Waals surface area contributed by atoms with Crippen molar-refractivity contribution < 1.29 is 9.53 Å². The van der Waals surface area contributed by atoms with E-state index in [1.807, 2.05) is 0 Å². The topological polar surface area (TPSA) is 41.6 Å². The monoisotopic (exact) mass is 460 g/mol. The van der Waals surface area contributed by atoms with Gasteiger partial charge in [0.2, 0.25) is 0 Å². The van der Waals surface area contributed by atoms with Crippen LogP contribution in [0.1, 0.15) is 68.8 Å². The average Bonchev–Trinajstić information content (AvgIpc) is 3.03. The maximum atomic E-state index is 13.0. The Balaban J connectivity index is 1.33. The smallest absolute Gasteiger partial charge is 0.407 e. The number of carbonyl (C=O) groups excluding carboxylic acids is 1. The number of rotatable bonds is 5. The van der Waals surface area contributed by atoms with Crippen LogP contribution in [0.15, 0.2) is 36.4 Å². The molecule has 3 fully saturated rings. The van der Waals surface area contributed by atoms with Crippen LogP contribution < -0.4 is 5.32 Å². The second-order valence-electron chi connectivity index (χ2n) is 12.0.